The zero-order valence-corrected chi connectivity index (χ0v) is 13.4. The molecule has 2 aromatic carbocycles. The lowest BCUT2D eigenvalue weighted by atomic mass is 10.1. The molecule has 4 nitrogen and oxygen atoms in total. The van der Waals surface area contributed by atoms with E-state index in [1.54, 1.807) is 18.2 Å². The summed E-state index contributed by atoms with van der Waals surface area (Å²) in [6, 6.07) is 10.0. The van der Waals surface area contributed by atoms with Gasteiger partial charge in [-0.2, -0.15) is 0 Å². The largest absolute Gasteiger partial charge is 0.389 e. The normalized spacial score (nSPS) is 13.0. The summed E-state index contributed by atoms with van der Waals surface area (Å²) in [6.45, 7) is 1.53. The second-order valence-electron chi connectivity index (χ2n) is 4.44. The molecule has 1 atom stereocenters. The van der Waals surface area contributed by atoms with Crippen molar-refractivity contribution in [1.82, 2.24) is 0 Å². The minimum Gasteiger partial charge on any atom is -0.389 e. The fourth-order valence-corrected chi connectivity index (χ4v) is 3.15. The topological polar surface area (TPSA) is 66.4 Å². The quantitative estimate of drug-likeness (QED) is 0.862. The molecule has 0 bridgehead atoms. The van der Waals surface area contributed by atoms with Crippen LogP contribution in [0.2, 0.25) is 0 Å². The Balaban J connectivity index is 2.40. The number of aliphatic hydroxyl groups is 1. The van der Waals surface area contributed by atoms with Crippen LogP contribution in [0.5, 0.6) is 0 Å². The van der Waals surface area contributed by atoms with Gasteiger partial charge in [0.2, 0.25) is 0 Å². The number of halogens is 2. The molecule has 0 aliphatic rings. The Hall–Kier alpha value is -1.44. The second-order valence-corrected chi connectivity index (χ2v) is 6.98. The third-order valence-electron chi connectivity index (χ3n) is 2.86. The Kier molecular flexibility index (Phi) is 4.65. The van der Waals surface area contributed by atoms with Crippen LogP contribution in [0.3, 0.4) is 0 Å². The minimum atomic E-state index is -3.93. The van der Waals surface area contributed by atoms with Crippen LogP contribution in [0.15, 0.2) is 51.8 Å². The first kappa shape index (κ1) is 15.9. The summed E-state index contributed by atoms with van der Waals surface area (Å²) in [7, 11) is -3.93. The molecule has 21 heavy (non-hydrogen) atoms. The van der Waals surface area contributed by atoms with Gasteiger partial charge in [-0.05, 0) is 47.1 Å². The van der Waals surface area contributed by atoms with Crippen LogP contribution in [-0.2, 0) is 10.0 Å². The number of hydrogen-bond donors (Lipinski definition) is 2. The van der Waals surface area contributed by atoms with Crippen molar-refractivity contribution in [3.8, 4) is 0 Å². The van der Waals surface area contributed by atoms with E-state index in [-0.39, 0.29) is 15.1 Å². The summed E-state index contributed by atoms with van der Waals surface area (Å²) in [6.07, 6.45) is -0.828. The summed E-state index contributed by atoms with van der Waals surface area (Å²) in [5.74, 6) is -0.665. The van der Waals surface area contributed by atoms with Crippen molar-refractivity contribution in [2.45, 2.75) is 17.9 Å². The average Bonchev–Trinajstić information content (AvgIpc) is 2.41. The van der Waals surface area contributed by atoms with Crippen molar-refractivity contribution < 1.29 is 17.9 Å². The van der Waals surface area contributed by atoms with Gasteiger partial charge in [-0.25, -0.2) is 12.8 Å². The molecule has 2 N–H and O–H groups in total. The van der Waals surface area contributed by atoms with E-state index in [0.717, 1.165) is 6.07 Å². The van der Waals surface area contributed by atoms with E-state index in [4.69, 9.17) is 0 Å². The number of aliphatic hydroxyl groups excluding tert-OH is 1. The maximum absolute atomic E-state index is 13.5. The van der Waals surface area contributed by atoms with E-state index in [9.17, 15) is 17.9 Å². The Bertz CT molecular complexity index is 763. The molecular weight excluding hydrogens is 361 g/mol. The van der Waals surface area contributed by atoms with Gasteiger partial charge in [-0.15, -0.1) is 0 Å². The lowest BCUT2D eigenvalue weighted by Gasteiger charge is -2.14. The number of sulfonamides is 1. The van der Waals surface area contributed by atoms with Gasteiger partial charge in [0.15, 0.2) is 0 Å². The molecule has 112 valence electrons. The third-order valence-corrected chi connectivity index (χ3v) is 4.86. The van der Waals surface area contributed by atoms with E-state index in [1.807, 2.05) is 0 Å². The van der Waals surface area contributed by atoms with Crippen molar-refractivity contribution in [1.29, 1.82) is 0 Å². The van der Waals surface area contributed by atoms with Crippen LogP contribution < -0.4 is 4.72 Å². The second kappa shape index (κ2) is 6.13. The van der Waals surface area contributed by atoms with Gasteiger partial charge in [0.05, 0.1) is 21.2 Å². The average molecular weight is 374 g/mol. The zero-order valence-electron chi connectivity index (χ0n) is 11.0. The number of para-hydroxylation sites is 1. The first-order valence-electron chi connectivity index (χ1n) is 6.06. The fraction of sp³-hybridized carbons (Fsp3) is 0.143. The van der Waals surface area contributed by atoms with E-state index in [0.29, 0.717) is 5.56 Å². The summed E-state index contributed by atoms with van der Waals surface area (Å²) in [4.78, 5) is -0.191. The van der Waals surface area contributed by atoms with E-state index in [2.05, 4.69) is 20.7 Å². The van der Waals surface area contributed by atoms with Gasteiger partial charge in [-0.3, -0.25) is 4.72 Å². The van der Waals surface area contributed by atoms with Gasteiger partial charge < -0.3 is 5.11 Å². The molecule has 2 rings (SSSR count). The number of hydrogen-bond acceptors (Lipinski definition) is 3. The van der Waals surface area contributed by atoms with Crippen molar-refractivity contribution in [2.24, 2.45) is 0 Å². The van der Waals surface area contributed by atoms with Crippen molar-refractivity contribution in [3.05, 3.63) is 58.3 Å². The number of nitrogens with one attached hydrogen (secondary N) is 1. The molecule has 0 fully saturated rings. The molecule has 0 aromatic heterocycles. The maximum atomic E-state index is 13.5. The van der Waals surface area contributed by atoms with Gasteiger partial charge >= 0.3 is 0 Å². The van der Waals surface area contributed by atoms with Crippen molar-refractivity contribution in [2.75, 3.05) is 4.72 Å². The summed E-state index contributed by atoms with van der Waals surface area (Å²) < 4.78 is 40.6. The predicted octanol–water partition coefficient (Wildman–Crippen LogP) is 3.44. The highest BCUT2D eigenvalue weighted by Crippen LogP contribution is 2.26. The molecule has 0 radical (unpaired) electrons. The Morgan fingerprint density at radius 2 is 1.90 bits per heavy atom. The molecule has 0 aliphatic carbocycles. The highest BCUT2D eigenvalue weighted by molar-refractivity contribution is 9.10. The first-order valence-corrected chi connectivity index (χ1v) is 8.34. The van der Waals surface area contributed by atoms with Crippen LogP contribution in [0, 0.1) is 5.82 Å². The SMILES string of the molecule is CC(O)c1ccccc1NS(=O)(=O)c1ccc(Br)c(F)c1. The zero-order chi connectivity index (χ0) is 15.6. The minimum absolute atomic E-state index is 0.186. The maximum Gasteiger partial charge on any atom is 0.262 e. The van der Waals surface area contributed by atoms with Crippen LogP contribution in [0.1, 0.15) is 18.6 Å². The number of benzene rings is 2. The highest BCUT2D eigenvalue weighted by atomic mass is 79.9. The molecule has 0 heterocycles. The van der Waals surface area contributed by atoms with Gasteiger partial charge in [0.25, 0.3) is 10.0 Å². The Labute approximate surface area is 130 Å². The van der Waals surface area contributed by atoms with Crippen molar-refractivity contribution >= 4 is 31.6 Å². The molecule has 1 unspecified atom stereocenters. The Morgan fingerprint density at radius 3 is 2.52 bits per heavy atom. The number of anilines is 1. The molecule has 0 saturated carbocycles. The van der Waals surface area contributed by atoms with Crippen LogP contribution >= 0.6 is 15.9 Å². The molecule has 0 aliphatic heterocycles. The Morgan fingerprint density at radius 1 is 1.24 bits per heavy atom. The van der Waals surface area contributed by atoms with Crippen LogP contribution in [-0.4, -0.2) is 13.5 Å². The van der Waals surface area contributed by atoms with E-state index in [1.165, 1.54) is 25.1 Å². The fourth-order valence-electron chi connectivity index (χ4n) is 1.80. The molecule has 7 heteroatoms. The molecule has 0 amide bonds. The lowest BCUT2D eigenvalue weighted by molar-refractivity contribution is 0.200. The highest BCUT2D eigenvalue weighted by Gasteiger charge is 2.18. The van der Waals surface area contributed by atoms with Gasteiger partial charge in [-0.1, -0.05) is 18.2 Å². The molecule has 2 aromatic rings. The van der Waals surface area contributed by atoms with Gasteiger partial charge in [0, 0.05) is 5.56 Å². The summed E-state index contributed by atoms with van der Waals surface area (Å²) in [5.41, 5.74) is 0.703. The summed E-state index contributed by atoms with van der Waals surface area (Å²) in [5, 5.41) is 9.65. The van der Waals surface area contributed by atoms with Crippen LogP contribution in [0.4, 0.5) is 10.1 Å². The number of rotatable bonds is 4. The molecular formula is C14H13BrFNO3S. The standard InChI is InChI=1S/C14H13BrFNO3S/c1-9(18)11-4-2-3-5-14(11)17-21(19,20)10-6-7-12(15)13(16)8-10/h2-9,17-18H,1H3. The van der Waals surface area contributed by atoms with Gasteiger partial charge in [0.1, 0.15) is 5.82 Å². The lowest BCUT2D eigenvalue weighted by Crippen LogP contribution is -2.15. The van der Waals surface area contributed by atoms with Crippen molar-refractivity contribution in [3.63, 3.8) is 0 Å². The van der Waals surface area contributed by atoms with E-state index < -0.39 is 21.9 Å². The monoisotopic (exact) mass is 373 g/mol. The van der Waals surface area contributed by atoms with E-state index >= 15 is 0 Å². The molecule has 0 saturated heterocycles. The summed E-state index contributed by atoms with van der Waals surface area (Å²) >= 11 is 2.97. The third kappa shape index (κ3) is 3.61. The smallest absolute Gasteiger partial charge is 0.262 e. The molecule has 0 spiro atoms. The van der Waals surface area contributed by atoms with Crippen LogP contribution in [0.25, 0.3) is 0 Å². The predicted molar refractivity (Wildman–Crippen MR) is 82.0 cm³/mol. The first-order chi connectivity index (χ1) is 9.81.